The molecule has 1 aliphatic carbocycles. The number of aromatic nitrogens is 2. The molecule has 1 aliphatic rings. The molecule has 3 aromatic rings. The van der Waals surface area contributed by atoms with Gasteiger partial charge in [-0.05, 0) is 49.4 Å². The number of amides is 1. The average molecular weight is 436 g/mol. The first-order valence-electron chi connectivity index (χ1n) is 8.39. The van der Waals surface area contributed by atoms with Gasteiger partial charge in [-0.1, -0.05) is 22.0 Å². The number of nitrogens with zero attached hydrogens (tertiary/aromatic N) is 1. The number of hydrogen-bond donors (Lipinski definition) is 3. The Morgan fingerprint density at radius 2 is 2.19 bits per heavy atom. The minimum Gasteiger partial charge on any atom is -0.358 e. The van der Waals surface area contributed by atoms with Crippen molar-refractivity contribution in [2.45, 2.75) is 19.8 Å². The van der Waals surface area contributed by atoms with E-state index in [2.05, 4.69) is 36.5 Å². The molecular formula is C19H20BrClN4O. The second kappa shape index (κ2) is 7.68. The highest BCUT2D eigenvalue weighted by Gasteiger charge is 2.23. The lowest BCUT2D eigenvalue weighted by Gasteiger charge is -2.11. The molecule has 7 heteroatoms. The molecule has 1 fully saturated rings. The number of aryl methyl sites for hydroxylation is 1. The van der Waals surface area contributed by atoms with Crippen molar-refractivity contribution in [1.29, 1.82) is 0 Å². The van der Waals surface area contributed by atoms with Gasteiger partial charge in [0.05, 0.1) is 11.1 Å². The monoisotopic (exact) mass is 434 g/mol. The highest BCUT2D eigenvalue weighted by Crippen LogP contribution is 2.30. The molecule has 1 aromatic carbocycles. The van der Waals surface area contributed by atoms with Gasteiger partial charge in [0.15, 0.2) is 5.82 Å². The van der Waals surface area contributed by atoms with E-state index in [1.54, 1.807) is 6.20 Å². The smallest absolute Gasteiger partial charge is 0.253 e. The summed E-state index contributed by atoms with van der Waals surface area (Å²) in [6.45, 7) is 2.75. The molecule has 5 nitrogen and oxygen atoms in total. The number of rotatable bonds is 5. The van der Waals surface area contributed by atoms with Gasteiger partial charge in [-0.25, -0.2) is 4.98 Å². The fourth-order valence-corrected chi connectivity index (χ4v) is 3.34. The van der Waals surface area contributed by atoms with E-state index < -0.39 is 0 Å². The van der Waals surface area contributed by atoms with Crippen LogP contribution in [0, 0.1) is 12.8 Å². The summed E-state index contributed by atoms with van der Waals surface area (Å²) in [6, 6.07) is 7.90. The van der Waals surface area contributed by atoms with Gasteiger partial charge >= 0.3 is 0 Å². The van der Waals surface area contributed by atoms with Crippen LogP contribution in [0.25, 0.3) is 10.9 Å². The standard InChI is InChI=1S/C19H19BrN4O.ClH/c1-11-8-21-17-16(11)15(19(25)23-9-12-5-6-12)10-22-18(17)24-14-4-2-3-13(20)7-14;/h2-4,7-8,10,12,21H,5-6,9H2,1H3,(H,22,24)(H,23,25);1H. The first kappa shape index (κ1) is 18.7. The fourth-order valence-electron chi connectivity index (χ4n) is 2.94. The third-order valence-corrected chi connectivity index (χ3v) is 4.98. The van der Waals surface area contributed by atoms with Crippen LogP contribution < -0.4 is 10.6 Å². The Hall–Kier alpha value is -2.05. The largest absolute Gasteiger partial charge is 0.358 e. The lowest BCUT2D eigenvalue weighted by atomic mass is 10.1. The van der Waals surface area contributed by atoms with Crippen molar-refractivity contribution in [2.75, 3.05) is 11.9 Å². The van der Waals surface area contributed by atoms with Crippen LogP contribution in [-0.4, -0.2) is 22.4 Å². The predicted molar refractivity (Wildman–Crippen MR) is 111 cm³/mol. The minimum absolute atomic E-state index is 0. The van der Waals surface area contributed by atoms with Crippen LogP contribution >= 0.6 is 28.3 Å². The molecular weight excluding hydrogens is 416 g/mol. The van der Waals surface area contributed by atoms with E-state index in [-0.39, 0.29) is 18.3 Å². The van der Waals surface area contributed by atoms with E-state index in [1.807, 2.05) is 37.4 Å². The summed E-state index contributed by atoms with van der Waals surface area (Å²) in [7, 11) is 0. The molecule has 136 valence electrons. The Morgan fingerprint density at radius 3 is 2.92 bits per heavy atom. The third-order valence-electron chi connectivity index (χ3n) is 4.49. The van der Waals surface area contributed by atoms with Gasteiger partial charge in [0, 0.05) is 34.5 Å². The summed E-state index contributed by atoms with van der Waals surface area (Å²) in [6.07, 6.45) is 6.00. The predicted octanol–water partition coefficient (Wildman–Crippen LogP) is 4.94. The Bertz CT molecular complexity index is 952. The minimum atomic E-state index is -0.0545. The molecule has 3 N–H and O–H groups in total. The summed E-state index contributed by atoms with van der Waals surface area (Å²) < 4.78 is 0.993. The fraction of sp³-hybridized carbons (Fsp3) is 0.263. The lowest BCUT2D eigenvalue weighted by Crippen LogP contribution is -2.26. The van der Waals surface area contributed by atoms with Crippen molar-refractivity contribution in [3.05, 3.63) is 52.3 Å². The van der Waals surface area contributed by atoms with E-state index in [1.165, 1.54) is 12.8 Å². The number of hydrogen-bond acceptors (Lipinski definition) is 3. The number of nitrogens with one attached hydrogen (secondary N) is 3. The molecule has 0 aliphatic heterocycles. The van der Waals surface area contributed by atoms with Crippen LogP contribution in [0.3, 0.4) is 0 Å². The Morgan fingerprint density at radius 1 is 1.38 bits per heavy atom. The number of anilines is 2. The van der Waals surface area contributed by atoms with E-state index in [4.69, 9.17) is 0 Å². The van der Waals surface area contributed by atoms with E-state index in [0.717, 1.165) is 33.2 Å². The molecule has 0 bridgehead atoms. The number of carbonyl (C=O) groups excluding carboxylic acids is 1. The zero-order valence-electron chi connectivity index (χ0n) is 14.3. The van der Waals surface area contributed by atoms with Crippen LogP contribution in [0.15, 0.2) is 41.1 Å². The maximum atomic E-state index is 12.6. The van der Waals surface area contributed by atoms with Gasteiger partial charge < -0.3 is 15.6 Å². The molecule has 0 saturated heterocycles. The number of aromatic amines is 1. The zero-order valence-corrected chi connectivity index (χ0v) is 16.7. The quantitative estimate of drug-likeness (QED) is 0.532. The molecule has 0 spiro atoms. The molecule has 0 radical (unpaired) electrons. The summed E-state index contributed by atoms with van der Waals surface area (Å²) in [4.78, 5) is 20.3. The number of H-pyrrole nitrogens is 1. The summed E-state index contributed by atoms with van der Waals surface area (Å²) >= 11 is 3.47. The van der Waals surface area contributed by atoms with Crippen LogP contribution in [0.2, 0.25) is 0 Å². The van der Waals surface area contributed by atoms with Crippen LogP contribution in [0.5, 0.6) is 0 Å². The van der Waals surface area contributed by atoms with Crippen molar-refractivity contribution in [1.82, 2.24) is 15.3 Å². The molecule has 0 atom stereocenters. The average Bonchev–Trinajstić information content (AvgIpc) is 3.35. The van der Waals surface area contributed by atoms with E-state index in [9.17, 15) is 4.79 Å². The van der Waals surface area contributed by atoms with Gasteiger partial charge in [-0.3, -0.25) is 4.79 Å². The Balaban J connectivity index is 0.00000196. The number of pyridine rings is 1. The highest BCUT2D eigenvalue weighted by atomic mass is 79.9. The van der Waals surface area contributed by atoms with Gasteiger partial charge in [-0.15, -0.1) is 12.4 Å². The number of benzene rings is 1. The lowest BCUT2D eigenvalue weighted by molar-refractivity contribution is 0.0953. The highest BCUT2D eigenvalue weighted by molar-refractivity contribution is 9.10. The van der Waals surface area contributed by atoms with Gasteiger partial charge in [0.1, 0.15) is 0 Å². The maximum Gasteiger partial charge on any atom is 0.253 e. The van der Waals surface area contributed by atoms with Crippen LogP contribution in [0.4, 0.5) is 11.5 Å². The van der Waals surface area contributed by atoms with Crippen molar-refractivity contribution in [2.24, 2.45) is 5.92 Å². The summed E-state index contributed by atoms with van der Waals surface area (Å²) in [5.74, 6) is 1.30. The molecule has 1 amide bonds. The van der Waals surface area contributed by atoms with Gasteiger partial charge in [0.25, 0.3) is 5.91 Å². The molecule has 2 aromatic heterocycles. The first-order chi connectivity index (χ1) is 12.1. The topological polar surface area (TPSA) is 69.8 Å². The van der Waals surface area contributed by atoms with Crippen molar-refractivity contribution in [3.63, 3.8) is 0 Å². The normalized spacial score (nSPS) is 13.3. The van der Waals surface area contributed by atoms with Gasteiger partial charge in [-0.2, -0.15) is 0 Å². The van der Waals surface area contributed by atoms with E-state index >= 15 is 0 Å². The van der Waals surface area contributed by atoms with Crippen molar-refractivity contribution < 1.29 is 4.79 Å². The molecule has 4 rings (SSSR count). The van der Waals surface area contributed by atoms with Crippen LogP contribution in [-0.2, 0) is 0 Å². The van der Waals surface area contributed by atoms with E-state index in [0.29, 0.717) is 17.3 Å². The summed E-state index contributed by atoms with van der Waals surface area (Å²) in [5.41, 5.74) is 3.43. The third kappa shape index (κ3) is 3.86. The first-order valence-corrected chi connectivity index (χ1v) is 9.18. The Kier molecular flexibility index (Phi) is 5.53. The van der Waals surface area contributed by atoms with Gasteiger partial charge in [0.2, 0.25) is 0 Å². The maximum absolute atomic E-state index is 12.6. The SMILES string of the molecule is Cc1c[nH]c2c(Nc3cccc(Br)c3)ncc(C(=O)NCC3CC3)c12.Cl. The zero-order chi connectivity index (χ0) is 17.4. The summed E-state index contributed by atoms with van der Waals surface area (Å²) in [5, 5.41) is 7.27. The van der Waals surface area contributed by atoms with Crippen LogP contribution in [0.1, 0.15) is 28.8 Å². The molecule has 26 heavy (non-hydrogen) atoms. The number of halogens is 2. The second-order valence-electron chi connectivity index (χ2n) is 6.53. The molecule has 0 unspecified atom stereocenters. The second-order valence-corrected chi connectivity index (χ2v) is 7.45. The number of fused-ring (bicyclic) bond motifs is 1. The van der Waals surface area contributed by atoms with Crippen molar-refractivity contribution >= 4 is 56.7 Å². The molecule has 1 saturated carbocycles. The number of carbonyl (C=O) groups is 1. The molecule has 2 heterocycles. The van der Waals surface area contributed by atoms with Crippen molar-refractivity contribution in [3.8, 4) is 0 Å². The Labute approximate surface area is 166 Å².